The van der Waals surface area contributed by atoms with Gasteiger partial charge >= 0.3 is 11.9 Å². The Balaban J connectivity index is 1.48. The first-order chi connectivity index (χ1) is 19.4. The molecule has 1 aliphatic rings. The molecule has 40 heavy (non-hydrogen) atoms. The lowest BCUT2D eigenvalue weighted by atomic mass is 9.86. The molecule has 216 valence electrons. The van der Waals surface area contributed by atoms with Gasteiger partial charge in [-0.3, -0.25) is 14.4 Å². The number of benzene rings is 2. The summed E-state index contributed by atoms with van der Waals surface area (Å²) in [5.41, 5.74) is 5.12. The van der Waals surface area contributed by atoms with Crippen LogP contribution in [0.5, 0.6) is 11.5 Å². The van der Waals surface area contributed by atoms with Crippen LogP contribution in [0.3, 0.4) is 0 Å². The maximum Gasteiger partial charge on any atom is 0.305 e. The molecule has 0 amide bonds. The van der Waals surface area contributed by atoms with Crippen molar-refractivity contribution < 1.29 is 33.7 Å². The molecule has 0 aliphatic heterocycles. The van der Waals surface area contributed by atoms with Crippen molar-refractivity contribution in [1.29, 1.82) is 0 Å². The standard InChI is InChI=1S/C33H42O7/c1-3-11-28-26-14-9-15-29(34)27(26)18-20-31(28)39-22-7-5-4-6-12-24-13-8-16-30(25(24)19-21-32(35)36)40-23-10-17-33(37)38-2/h3,8,13,16,18,20H,1,4-7,9-12,14-15,17,19,21-23H2,2H3,(H,35,36). The van der Waals surface area contributed by atoms with Crippen LogP contribution < -0.4 is 9.47 Å². The van der Waals surface area contributed by atoms with Crippen molar-refractivity contribution in [2.24, 2.45) is 0 Å². The Morgan fingerprint density at radius 3 is 2.40 bits per heavy atom. The lowest BCUT2D eigenvalue weighted by molar-refractivity contribution is -0.141. The molecule has 0 bridgehead atoms. The lowest BCUT2D eigenvalue weighted by Crippen LogP contribution is -2.14. The molecule has 0 spiro atoms. The minimum atomic E-state index is -0.840. The van der Waals surface area contributed by atoms with E-state index in [0.29, 0.717) is 44.6 Å². The fraction of sp³-hybridized carbons (Fsp3) is 0.485. The summed E-state index contributed by atoms with van der Waals surface area (Å²) in [5, 5.41) is 9.23. The van der Waals surface area contributed by atoms with E-state index < -0.39 is 5.97 Å². The fourth-order valence-corrected chi connectivity index (χ4v) is 5.23. The molecule has 2 aromatic rings. The molecule has 3 rings (SSSR count). The monoisotopic (exact) mass is 550 g/mol. The summed E-state index contributed by atoms with van der Waals surface area (Å²) in [4.78, 5) is 34.9. The third-order valence-electron chi connectivity index (χ3n) is 7.30. The normalized spacial score (nSPS) is 12.5. The van der Waals surface area contributed by atoms with Gasteiger partial charge in [-0.15, -0.1) is 6.58 Å². The number of rotatable bonds is 18. The zero-order valence-corrected chi connectivity index (χ0v) is 23.7. The van der Waals surface area contributed by atoms with E-state index in [1.165, 1.54) is 7.11 Å². The molecular weight excluding hydrogens is 508 g/mol. The minimum absolute atomic E-state index is 0.0393. The lowest BCUT2D eigenvalue weighted by Gasteiger charge is -2.21. The molecule has 0 saturated carbocycles. The average molecular weight is 551 g/mol. The van der Waals surface area contributed by atoms with Crippen LogP contribution in [0.25, 0.3) is 0 Å². The van der Waals surface area contributed by atoms with E-state index in [9.17, 15) is 19.5 Å². The van der Waals surface area contributed by atoms with E-state index in [0.717, 1.165) is 78.5 Å². The van der Waals surface area contributed by atoms with Crippen molar-refractivity contribution >= 4 is 17.7 Å². The third kappa shape index (κ3) is 9.25. The molecule has 7 nitrogen and oxygen atoms in total. The second kappa shape index (κ2) is 16.5. The number of carboxylic acid groups (broad SMARTS) is 1. The predicted molar refractivity (Wildman–Crippen MR) is 154 cm³/mol. The van der Waals surface area contributed by atoms with Gasteiger partial charge in [0.25, 0.3) is 0 Å². The summed E-state index contributed by atoms with van der Waals surface area (Å²) in [5.74, 6) is 0.664. The Morgan fingerprint density at radius 1 is 0.900 bits per heavy atom. The molecular formula is C33H42O7. The van der Waals surface area contributed by atoms with Crippen molar-refractivity contribution in [1.82, 2.24) is 0 Å². The van der Waals surface area contributed by atoms with Crippen molar-refractivity contribution in [3.8, 4) is 11.5 Å². The Labute approximate surface area is 237 Å². The molecule has 0 unspecified atom stereocenters. The van der Waals surface area contributed by atoms with Crippen LogP contribution in [0, 0.1) is 0 Å². The molecule has 0 saturated heterocycles. The number of hydrogen-bond donors (Lipinski definition) is 1. The maximum absolute atomic E-state index is 12.3. The first-order valence-electron chi connectivity index (χ1n) is 14.4. The highest BCUT2D eigenvalue weighted by Crippen LogP contribution is 2.32. The fourth-order valence-electron chi connectivity index (χ4n) is 5.23. The maximum atomic E-state index is 12.3. The molecule has 1 aliphatic carbocycles. The largest absolute Gasteiger partial charge is 0.493 e. The number of carboxylic acids is 1. The molecule has 0 heterocycles. The molecule has 1 N–H and O–H groups in total. The number of esters is 1. The third-order valence-corrected chi connectivity index (χ3v) is 7.30. The van der Waals surface area contributed by atoms with E-state index in [1.54, 1.807) is 0 Å². The van der Waals surface area contributed by atoms with Crippen molar-refractivity contribution in [2.75, 3.05) is 20.3 Å². The Kier molecular flexibility index (Phi) is 12.7. The number of allylic oxidation sites excluding steroid dienone is 1. The number of fused-ring (bicyclic) bond motifs is 1. The van der Waals surface area contributed by atoms with Crippen LogP contribution in [-0.2, 0) is 40.0 Å². The number of ether oxygens (including phenoxy) is 3. The molecule has 0 aromatic heterocycles. The summed E-state index contributed by atoms with van der Waals surface area (Å²) in [6.45, 7) is 4.88. The SMILES string of the molecule is C=CCc1c(OCCCCCCc2cccc(OCCCC(=O)OC)c2CCC(=O)O)ccc2c1CCCC2=O. The summed E-state index contributed by atoms with van der Waals surface area (Å²) in [6.07, 6.45) is 11.1. The summed E-state index contributed by atoms with van der Waals surface area (Å²) >= 11 is 0. The number of aryl methyl sites for hydroxylation is 1. The van der Waals surface area contributed by atoms with Crippen molar-refractivity contribution in [3.05, 3.63) is 70.8 Å². The van der Waals surface area contributed by atoms with Gasteiger partial charge in [-0.05, 0) is 86.3 Å². The van der Waals surface area contributed by atoms with E-state index in [-0.39, 0.29) is 24.6 Å². The van der Waals surface area contributed by atoms with Crippen LogP contribution in [0.2, 0.25) is 0 Å². The number of hydrogen-bond acceptors (Lipinski definition) is 6. The second-order valence-electron chi connectivity index (χ2n) is 10.2. The van der Waals surface area contributed by atoms with Gasteiger partial charge in [0.15, 0.2) is 5.78 Å². The zero-order chi connectivity index (χ0) is 28.7. The zero-order valence-electron chi connectivity index (χ0n) is 23.7. The minimum Gasteiger partial charge on any atom is -0.493 e. The summed E-state index contributed by atoms with van der Waals surface area (Å²) < 4.78 is 16.8. The van der Waals surface area contributed by atoms with E-state index in [1.807, 2.05) is 36.4 Å². The van der Waals surface area contributed by atoms with Crippen molar-refractivity contribution in [3.63, 3.8) is 0 Å². The Hall–Kier alpha value is -3.61. The number of aliphatic carboxylic acids is 1. The summed E-state index contributed by atoms with van der Waals surface area (Å²) in [7, 11) is 1.36. The van der Waals surface area contributed by atoms with Gasteiger partial charge in [-0.2, -0.15) is 0 Å². The Bertz CT molecular complexity index is 1170. The Morgan fingerprint density at radius 2 is 1.65 bits per heavy atom. The molecule has 0 radical (unpaired) electrons. The highest BCUT2D eigenvalue weighted by Gasteiger charge is 2.22. The number of Topliss-reactive ketones (excluding diaryl/α,β-unsaturated/α-hetero) is 1. The van der Waals surface area contributed by atoms with E-state index in [4.69, 9.17) is 9.47 Å². The van der Waals surface area contributed by atoms with Gasteiger partial charge in [-0.25, -0.2) is 0 Å². The highest BCUT2D eigenvalue weighted by atomic mass is 16.5. The van der Waals surface area contributed by atoms with Crippen LogP contribution in [0.1, 0.15) is 90.4 Å². The number of unbranched alkanes of at least 4 members (excludes halogenated alkanes) is 3. The van der Waals surface area contributed by atoms with E-state index >= 15 is 0 Å². The first kappa shape index (κ1) is 30.9. The number of carbonyl (C=O) groups excluding carboxylic acids is 2. The van der Waals surface area contributed by atoms with Crippen LogP contribution in [0.15, 0.2) is 43.0 Å². The van der Waals surface area contributed by atoms with E-state index in [2.05, 4.69) is 11.3 Å². The van der Waals surface area contributed by atoms with Gasteiger partial charge in [0.1, 0.15) is 11.5 Å². The second-order valence-corrected chi connectivity index (χ2v) is 10.2. The number of carbonyl (C=O) groups is 3. The number of ketones is 1. The topological polar surface area (TPSA) is 99.1 Å². The number of methoxy groups -OCH3 is 1. The van der Waals surface area contributed by atoms with Crippen LogP contribution in [-0.4, -0.2) is 43.2 Å². The van der Waals surface area contributed by atoms with Gasteiger partial charge in [-0.1, -0.05) is 31.1 Å². The van der Waals surface area contributed by atoms with Crippen LogP contribution >= 0.6 is 0 Å². The highest BCUT2D eigenvalue weighted by molar-refractivity contribution is 5.99. The first-order valence-corrected chi connectivity index (χ1v) is 14.4. The molecule has 0 atom stereocenters. The smallest absolute Gasteiger partial charge is 0.305 e. The van der Waals surface area contributed by atoms with Gasteiger partial charge < -0.3 is 19.3 Å². The summed E-state index contributed by atoms with van der Waals surface area (Å²) in [6, 6.07) is 9.70. The molecule has 2 aromatic carbocycles. The predicted octanol–water partition coefficient (Wildman–Crippen LogP) is 6.47. The van der Waals surface area contributed by atoms with Gasteiger partial charge in [0.05, 0.1) is 20.3 Å². The molecule has 7 heteroatoms. The van der Waals surface area contributed by atoms with Gasteiger partial charge in [0.2, 0.25) is 0 Å². The molecule has 0 fully saturated rings. The van der Waals surface area contributed by atoms with Crippen LogP contribution in [0.4, 0.5) is 0 Å². The van der Waals surface area contributed by atoms with Crippen molar-refractivity contribution in [2.45, 2.75) is 83.5 Å². The average Bonchev–Trinajstić information content (AvgIpc) is 2.95. The van der Waals surface area contributed by atoms with Gasteiger partial charge in [0, 0.05) is 30.4 Å². The quantitative estimate of drug-likeness (QED) is 0.129.